The number of carbonyl (C=O) groups excluding carboxylic acids is 2. The summed E-state index contributed by atoms with van der Waals surface area (Å²) >= 11 is 0. The van der Waals surface area contributed by atoms with E-state index in [0.29, 0.717) is 37.7 Å². The maximum Gasteiger partial charge on any atom is 0.233 e. The molecule has 8 heteroatoms. The molecule has 30 heavy (non-hydrogen) atoms. The number of allylic oxidation sites excluding steroid dienone is 2. The van der Waals surface area contributed by atoms with Crippen molar-refractivity contribution in [2.24, 2.45) is 28.7 Å². The first-order valence-corrected chi connectivity index (χ1v) is 10.3. The molecular weight excluding hydrogens is 498 g/mol. The minimum Gasteiger partial charge on any atom is -0.357 e. The minimum atomic E-state index is -0.240. The Labute approximate surface area is 193 Å². The second-order valence-electron chi connectivity index (χ2n) is 8.03. The maximum atomic E-state index is 13.7. The van der Waals surface area contributed by atoms with Gasteiger partial charge in [-0.25, -0.2) is 9.38 Å². The molecule has 162 valence electrons. The van der Waals surface area contributed by atoms with E-state index in [0.717, 1.165) is 12.0 Å². The van der Waals surface area contributed by atoms with E-state index in [1.54, 1.807) is 13.0 Å². The molecule has 2 N–H and O–H groups in total. The summed E-state index contributed by atoms with van der Waals surface area (Å²) in [6.07, 6.45) is 5.14. The van der Waals surface area contributed by atoms with Crippen LogP contribution in [0.2, 0.25) is 0 Å². The first-order valence-electron chi connectivity index (χ1n) is 10.3. The molecule has 2 fully saturated rings. The highest BCUT2D eigenvalue weighted by atomic mass is 127. The van der Waals surface area contributed by atoms with Gasteiger partial charge in [0.25, 0.3) is 0 Å². The van der Waals surface area contributed by atoms with Gasteiger partial charge in [0.1, 0.15) is 5.82 Å². The molecule has 2 bridgehead atoms. The Morgan fingerprint density at radius 2 is 1.83 bits per heavy atom. The lowest BCUT2D eigenvalue weighted by Gasteiger charge is -2.18. The van der Waals surface area contributed by atoms with Crippen LogP contribution in [0.1, 0.15) is 24.5 Å². The average molecular weight is 526 g/mol. The number of halogens is 2. The number of hydrogen-bond donors (Lipinski definition) is 2. The van der Waals surface area contributed by atoms with Crippen molar-refractivity contribution in [1.82, 2.24) is 15.5 Å². The van der Waals surface area contributed by atoms with Crippen LogP contribution >= 0.6 is 24.0 Å². The number of rotatable bonds is 6. The predicted molar refractivity (Wildman–Crippen MR) is 124 cm³/mol. The topological polar surface area (TPSA) is 73.8 Å². The van der Waals surface area contributed by atoms with Gasteiger partial charge in [0, 0.05) is 19.6 Å². The normalized spacial score (nSPS) is 26.8. The standard InChI is InChI=1S/C22H27FN4O2.HI/c1-3-24-22(26-12-14-5-4-13(2)17(23)10-14)25-8-9-27-20(28)18-15-6-7-16(11-15)19(18)21(27)29;/h4-7,10,15-16,18-19H,3,8-9,11-12H2,1-2H3,(H2,24,25,26);1H. The maximum absolute atomic E-state index is 13.7. The van der Waals surface area contributed by atoms with Crippen molar-refractivity contribution >= 4 is 41.8 Å². The van der Waals surface area contributed by atoms with Crippen LogP contribution in [-0.4, -0.2) is 42.3 Å². The molecular formula is C22H28FIN4O2. The Balaban J connectivity index is 0.00000256. The molecule has 4 unspecified atom stereocenters. The summed E-state index contributed by atoms with van der Waals surface area (Å²) in [5, 5.41) is 6.31. The number of guanidine groups is 1. The van der Waals surface area contributed by atoms with Crippen LogP contribution < -0.4 is 10.6 Å². The van der Waals surface area contributed by atoms with Gasteiger partial charge in [0.05, 0.1) is 18.4 Å². The van der Waals surface area contributed by atoms with E-state index in [1.165, 1.54) is 11.0 Å². The summed E-state index contributed by atoms with van der Waals surface area (Å²) in [6.45, 7) is 5.45. The fraction of sp³-hybridized carbons (Fsp3) is 0.500. The van der Waals surface area contributed by atoms with Gasteiger partial charge >= 0.3 is 0 Å². The third-order valence-electron chi connectivity index (χ3n) is 6.19. The number of nitrogens with one attached hydrogen (secondary N) is 2. The Hall–Kier alpha value is -1.97. The summed E-state index contributed by atoms with van der Waals surface area (Å²) in [7, 11) is 0. The number of benzene rings is 1. The Kier molecular flexibility index (Phi) is 7.15. The van der Waals surface area contributed by atoms with E-state index in [9.17, 15) is 14.0 Å². The number of imide groups is 1. The second-order valence-corrected chi connectivity index (χ2v) is 8.03. The van der Waals surface area contributed by atoms with Gasteiger partial charge < -0.3 is 10.6 Å². The highest BCUT2D eigenvalue weighted by Gasteiger charge is 2.58. The van der Waals surface area contributed by atoms with Gasteiger partial charge in [0.15, 0.2) is 5.96 Å². The summed E-state index contributed by atoms with van der Waals surface area (Å²) in [5.41, 5.74) is 1.39. The summed E-state index contributed by atoms with van der Waals surface area (Å²) in [6, 6.07) is 5.09. The molecule has 1 aliphatic heterocycles. The molecule has 1 saturated carbocycles. The van der Waals surface area contributed by atoms with Crippen molar-refractivity contribution in [2.75, 3.05) is 19.6 Å². The molecule has 1 aromatic carbocycles. The fourth-order valence-electron chi connectivity index (χ4n) is 4.72. The number of carbonyl (C=O) groups is 2. The third kappa shape index (κ3) is 4.24. The first-order chi connectivity index (χ1) is 14.0. The van der Waals surface area contributed by atoms with Crippen molar-refractivity contribution in [3.05, 3.63) is 47.3 Å². The molecule has 2 aliphatic carbocycles. The van der Waals surface area contributed by atoms with Crippen molar-refractivity contribution < 1.29 is 14.0 Å². The van der Waals surface area contributed by atoms with Gasteiger partial charge in [-0.1, -0.05) is 24.3 Å². The van der Waals surface area contributed by atoms with Gasteiger partial charge in [-0.05, 0) is 49.3 Å². The van der Waals surface area contributed by atoms with E-state index in [-0.39, 0.29) is 65.3 Å². The monoisotopic (exact) mass is 526 g/mol. The van der Waals surface area contributed by atoms with Crippen LogP contribution in [0.15, 0.2) is 35.3 Å². The van der Waals surface area contributed by atoms with Crippen LogP contribution in [0.4, 0.5) is 4.39 Å². The third-order valence-corrected chi connectivity index (χ3v) is 6.19. The molecule has 0 spiro atoms. The van der Waals surface area contributed by atoms with Gasteiger partial charge in [-0.2, -0.15) is 0 Å². The number of fused-ring (bicyclic) bond motifs is 5. The Morgan fingerprint density at radius 1 is 1.17 bits per heavy atom. The van der Waals surface area contributed by atoms with Crippen molar-refractivity contribution in [3.8, 4) is 0 Å². The van der Waals surface area contributed by atoms with E-state index in [1.807, 2.05) is 13.0 Å². The SMILES string of the molecule is CCNC(=NCc1ccc(C)c(F)c1)NCCN1C(=O)C2C3C=CC(C3)C2C1=O.I. The molecule has 2 amide bonds. The number of amides is 2. The zero-order valence-corrected chi connectivity index (χ0v) is 19.6. The van der Waals surface area contributed by atoms with Crippen molar-refractivity contribution in [3.63, 3.8) is 0 Å². The molecule has 1 heterocycles. The fourth-order valence-corrected chi connectivity index (χ4v) is 4.72. The quantitative estimate of drug-likeness (QED) is 0.197. The largest absolute Gasteiger partial charge is 0.357 e. The van der Waals surface area contributed by atoms with E-state index >= 15 is 0 Å². The summed E-state index contributed by atoms with van der Waals surface area (Å²) in [5.74, 6) is 0.421. The molecule has 3 aliphatic rings. The Morgan fingerprint density at radius 3 is 2.43 bits per heavy atom. The molecule has 1 saturated heterocycles. The number of hydrogen-bond acceptors (Lipinski definition) is 3. The van der Waals surface area contributed by atoms with Gasteiger partial charge in [0.2, 0.25) is 11.8 Å². The Bertz CT molecular complexity index is 858. The average Bonchev–Trinajstić information content (AvgIpc) is 3.38. The lowest BCUT2D eigenvalue weighted by atomic mass is 9.85. The zero-order valence-electron chi connectivity index (χ0n) is 17.2. The van der Waals surface area contributed by atoms with Crippen molar-refractivity contribution in [2.45, 2.75) is 26.8 Å². The highest BCUT2D eigenvalue weighted by Crippen LogP contribution is 2.52. The lowest BCUT2D eigenvalue weighted by molar-refractivity contribution is -0.140. The molecule has 4 rings (SSSR count). The number of likely N-dealkylation sites (tertiary alicyclic amines) is 1. The highest BCUT2D eigenvalue weighted by molar-refractivity contribution is 14.0. The summed E-state index contributed by atoms with van der Waals surface area (Å²) < 4.78 is 13.7. The van der Waals surface area contributed by atoms with Crippen LogP contribution in [0, 0.1) is 36.4 Å². The zero-order chi connectivity index (χ0) is 20.5. The van der Waals surface area contributed by atoms with Crippen LogP contribution in [0.25, 0.3) is 0 Å². The second kappa shape index (κ2) is 9.45. The van der Waals surface area contributed by atoms with Crippen LogP contribution in [-0.2, 0) is 16.1 Å². The van der Waals surface area contributed by atoms with E-state index < -0.39 is 0 Å². The molecule has 0 aromatic heterocycles. The summed E-state index contributed by atoms with van der Waals surface area (Å²) in [4.78, 5) is 31.3. The number of nitrogens with zero attached hydrogens (tertiary/aromatic N) is 2. The molecule has 6 nitrogen and oxygen atoms in total. The van der Waals surface area contributed by atoms with E-state index in [4.69, 9.17) is 0 Å². The van der Waals surface area contributed by atoms with Crippen molar-refractivity contribution in [1.29, 1.82) is 0 Å². The lowest BCUT2D eigenvalue weighted by Crippen LogP contribution is -2.43. The van der Waals surface area contributed by atoms with Crippen LogP contribution in [0.5, 0.6) is 0 Å². The van der Waals surface area contributed by atoms with E-state index in [2.05, 4.69) is 27.8 Å². The minimum absolute atomic E-state index is 0. The van der Waals surface area contributed by atoms with Gasteiger partial charge in [-0.15, -0.1) is 24.0 Å². The number of aliphatic imine (C=N–C) groups is 1. The molecule has 4 atom stereocenters. The smallest absolute Gasteiger partial charge is 0.233 e. The van der Waals surface area contributed by atoms with Crippen LogP contribution in [0.3, 0.4) is 0 Å². The predicted octanol–water partition coefficient (Wildman–Crippen LogP) is 2.61. The van der Waals surface area contributed by atoms with Gasteiger partial charge in [-0.3, -0.25) is 14.5 Å². The first kappa shape index (κ1) is 22.7. The molecule has 1 aromatic rings. The number of aryl methyl sites for hydroxylation is 1. The molecule has 0 radical (unpaired) electrons.